The lowest BCUT2D eigenvalue weighted by atomic mass is 10.1. The van der Waals surface area contributed by atoms with E-state index in [1.54, 1.807) is 12.4 Å². The number of aromatic nitrogens is 2. The number of anilines is 1. The highest BCUT2D eigenvalue weighted by atomic mass is 14.9. The Balaban J connectivity index is 2.64. The second kappa shape index (κ2) is 2.94. The van der Waals surface area contributed by atoms with Gasteiger partial charge in [-0.1, -0.05) is 12.1 Å². The second-order valence-corrected chi connectivity index (χ2v) is 2.98. The average molecular weight is 173 g/mol. The van der Waals surface area contributed by atoms with Gasteiger partial charge in [0.25, 0.3) is 0 Å². The first-order valence-corrected chi connectivity index (χ1v) is 4.14. The van der Waals surface area contributed by atoms with Crippen molar-refractivity contribution >= 4 is 5.69 Å². The Hall–Kier alpha value is -1.77. The van der Waals surface area contributed by atoms with Gasteiger partial charge in [-0.3, -0.25) is 0 Å². The molecule has 2 aromatic rings. The summed E-state index contributed by atoms with van der Waals surface area (Å²) in [4.78, 5) is 7.22. The number of nitrogens with zero attached hydrogens (tertiary/aromatic N) is 1. The molecule has 3 nitrogen and oxygen atoms in total. The molecule has 3 heteroatoms. The molecule has 0 aliphatic carbocycles. The predicted octanol–water partition coefficient (Wildman–Crippen LogP) is 1.97. The third-order valence-corrected chi connectivity index (χ3v) is 2.04. The van der Waals surface area contributed by atoms with E-state index in [1.807, 2.05) is 25.1 Å². The zero-order valence-electron chi connectivity index (χ0n) is 7.41. The van der Waals surface area contributed by atoms with Gasteiger partial charge in [-0.15, -0.1) is 0 Å². The Morgan fingerprint density at radius 3 is 2.85 bits per heavy atom. The van der Waals surface area contributed by atoms with Crippen LogP contribution in [0.3, 0.4) is 0 Å². The minimum absolute atomic E-state index is 0.759. The molecule has 0 spiro atoms. The maximum Gasteiger partial charge on any atom is 0.139 e. The number of nitrogens with one attached hydrogen (secondary N) is 1. The molecule has 0 bridgehead atoms. The number of H-pyrrole nitrogens is 1. The lowest BCUT2D eigenvalue weighted by Gasteiger charge is -2.05. The summed E-state index contributed by atoms with van der Waals surface area (Å²) in [5.41, 5.74) is 8.74. The lowest BCUT2D eigenvalue weighted by molar-refractivity contribution is 1.29. The van der Waals surface area contributed by atoms with Gasteiger partial charge in [0, 0.05) is 23.6 Å². The molecule has 0 aliphatic rings. The van der Waals surface area contributed by atoms with Gasteiger partial charge >= 0.3 is 0 Å². The number of rotatable bonds is 1. The SMILES string of the molecule is Cc1cccc(N)c1-c1ncc[nH]1. The van der Waals surface area contributed by atoms with Gasteiger partial charge in [0.2, 0.25) is 0 Å². The average Bonchev–Trinajstić information content (AvgIpc) is 2.57. The van der Waals surface area contributed by atoms with Crippen LogP contribution in [0.4, 0.5) is 5.69 Å². The molecule has 3 N–H and O–H groups in total. The van der Waals surface area contributed by atoms with E-state index >= 15 is 0 Å². The zero-order valence-corrected chi connectivity index (χ0v) is 7.41. The molecule has 2 rings (SSSR count). The van der Waals surface area contributed by atoms with Crippen LogP contribution in [0.15, 0.2) is 30.6 Å². The minimum Gasteiger partial charge on any atom is -0.398 e. The van der Waals surface area contributed by atoms with E-state index in [2.05, 4.69) is 9.97 Å². The molecule has 0 saturated carbocycles. The summed E-state index contributed by atoms with van der Waals surface area (Å²) in [5, 5.41) is 0. The third kappa shape index (κ3) is 1.28. The van der Waals surface area contributed by atoms with E-state index in [4.69, 9.17) is 5.73 Å². The first-order valence-electron chi connectivity index (χ1n) is 4.14. The number of aryl methyl sites for hydroxylation is 1. The molecule has 1 aromatic carbocycles. The largest absolute Gasteiger partial charge is 0.398 e. The van der Waals surface area contributed by atoms with Crippen LogP contribution in [0.5, 0.6) is 0 Å². The highest BCUT2D eigenvalue weighted by molar-refractivity contribution is 5.74. The molecule has 0 fully saturated rings. The van der Waals surface area contributed by atoms with Gasteiger partial charge in [0.15, 0.2) is 0 Å². The van der Waals surface area contributed by atoms with E-state index in [9.17, 15) is 0 Å². The molecule has 0 unspecified atom stereocenters. The summed E-state index contributed by atoms with van der Waals surface area (Å²) in [6.45, 7) is 2.02. The van der Waals surface area contributed by atoms with Crippen LogP contribution >= 0.6 is 0 Å². The molecule has 1 aromatic heterocycles. The van der Waals surface area contributed by atoms with Crippen molar-refractivity contribution in [2.24, 2.45) is 0 Å². The van der Waals surface area contributed by atoms with E-state index in [0.717, 1.165) is 22.6 Å². The fourth-order valence-corrected chi connectivity index (χ4v) is 1.42. The van der Waals surface area contributed by atoms with Gasteiger partial charge in [-0.2, -0.15) is 0 Å². The van der Waals surface area contributed by atoms with Crippen LogP contribution < -0.4 is 5.73 Å². The van der Waals surface area contributed by atoms with Gasteiger partial charge in [0.1, 0.15) is 5.82 Å². The smallest absolute Gasteiger partial charge is 0.139 e. The molecule has 1 heterocycles. The highest BCUT2D eigenvalue weighted by Gasteiger charge is 2.06. The fraction of sp³-hybridized carbons (Fsp3) is 0.100. The summed E-state index contributed by atoms with van der Waals surface area (Å²) in [6, 6.07) is 5.84. The Labute approximate surface area is 76.6 Å². The Bertz CT molecular complexity index is 384. The third-order valence-electron chi connectivity index (χ3n) is 2.04. The van der Waals surface area contributed by atoms with E-state index < -0.39 is 0 Å². The number of nitrogen functional groups attached to an aromatic ring is 1. The number of hydrogen-bond donors (Lipinski definition) is 2. The molecular formula is C10H11N3. The number of aromatic amines is 1. The number of benzene rings is 1. The van der Waals surface area contributed by atoms with Crippen LogP contribution in [0.2, 0.25) is 0 Å². The summed E-state index contributed by atoms with van der Waals surface area (Å²) in [5.74, 6) is 0.829. The molecule has 13 heavy (non-hydrogen) atoms. The van der Waals surface area contributed by atoms with Crippen molar-refractivity contribution in [2.75, 3.05) is 5.73 Å². The van der Waals surface area contributed by atoms with Crippen molar-refractivity contribution in [3.8, 4) is 11.4 Å². The Morgan fingerprint density at radius 2 is 2.23 bits per heavy atom. The lowest BCUT2D eigenvalue weighted by Crippen LogP contribution is -1.93. The normalized spacial score (nSPS) is 10.2. The quantitative estimate of drug-likeness (QED) is 0.648. The molecule has 0 saturated heterocycles. The fourth-order valence-electron chi connectivity index (χ4n) is 1.42. The van der Waals surface area contributed by atoms with Crippen LogP contribution in [0.25, 0.3) is 11.4 Å². The highest BCUT2D eigenvalue weighted by Crippen LogP contribution is 2.25. The van der Waals surface area contributed by atoms with E-state index in [-0.39, 0.29) is 0 Å². The maximum atomic E-state index is 5.85. The van der Waals surface area contributed by atoms with Gasteiger partial charge in [0.05, 0.1) is 0 Å². The van der Waals surface area contributed by atoms with Gasteiger partial charge in [-0.25, -0.2) is 4.98 Å². The van der Waals surface area contributed by atoms with Crippen LogP contribution in [0.1, 0.15) is 5.56 Å². The summed E-state index contributed by atoms with van der Waals surface area (Å²) in [7, 11) is 0. The van der Waals surface area contributed by atoms with Crippen LogP contribution in [-0.2, 0) is 0 Å². The van der Waals surface area contributed by atoms with Crippen LogP contribution in [-0.4, -0.2) is 9.97 Å². The summed E-state index contributed by atoms with van der Waals surface area (Å²) >= 11 is 0. The van der Waals surface area contributed by atoms with Crippen LogP contribution in [0, 0.1) is 6.92 Å². The van der Waals surface area contributed by atoms with Crippen molar-refractivity contribution in [3.05, 3.63) is 36.2 Å². The maximum absolute atomic E-state index is 5.85. The number of hydrogen-bond acceptors (Lipinski definition) is 2. The molecule has 0 radical (unpaired) electrons. The first kappa shape index (κ1) is 7.86. The molecule has 0 aliphatic heterocycles. The second-order valence-electron chi connectivity index (χ2n) is 2.98. The summed E-state index contributed by atoms with van der Waals surface area (Å²) in [6.07, 6.45) is 3.52. The number of imidazole rings is 1. The van der Waals surface area contributed by atoms with E-state index in [1.165, 1.54) is 0 Å². The van der Waals surface area contributed by atoms with Gasteiger partial charge in [-0.05, 0) is 18.6 Å². The minimum atomic E-state index is 0.759. The Kier molecular flexibility index (Phi) is 1.77. The van der Waals surface area contributed by atoms with Crippen molar-refractivity contribution in [2.45, 2.75) is 6.92 Å². The first-order chi connectivity index (χ1) is 6.29. The molecule has 0 amide bonds. The van der Waals surface area contributed by atoms with Crippen molar-refractivity contribution in [3.63, 3.8) is 0 Å². The monoisotopic (exact) mass is 173 g/mol. The Morgan fingerprint density at radius 1 is 1.38 bits per heavy atom. The number of nitrogens with two attached hydrogens (primary N) is 1. The summed E-state index contributed by atoms with van der Waals surface area (Å²) < 4.78 is 0. The molecule has 0 atom stereocenters. The standard InChI is InChI=1S/C10H11N3/c1-7-3-2-4-8(11)9(7)10-12-5-6-13-10/h2-6H,11H2,1H3,(H,12,13). The topological polar surface area (TPSA) is 54.7 Å². The zero-order chi connectivity index (χ0) is 9.26. The van der Waals surface area contributed by atoms with E-state index in [0.29, 0.717) is 0 Å². The molecule has 66 valence electrons. The van der Waals surface area contributed by atoms with Gasteiger partial charge < -0.3 is 10.7 Å². The van der Waals surface area contributed by atoms with Crippen molar-refractivity contribution < 1.29 is 0 Å². The van der Waals surface area contributed by atoms with Crippen molar-refractivity contribution in [1.82, 2.24) is 9.97 Å². The predicted molar refractivity (Wildman–Crippen MR) is 53.2 cm³/mol. The van der Waals surface area contributed by atoms with Crippen molar-refractivity contribution in [1.29, 1.82) is 0 Å². The molecular weight excluding hydrogens is 162 g/mol.